The van der Waals surface area contributed by atoms with E-state index in [1.807, 2.05) is 0 Å². The summed E-state index contributed by atoms with van der Waals surface area (Å²) in [5, 5.41) is 5.34. The molecule has 4 N–H and O–H groups in total. The Labute approximate surface area is 116 Å². The molecule has 0 saturated carbocycles. The zero-order valence-corrected chi connectivity index (χ0v) is 11.0. The van der Waals surface area contributed by atoms with Crippen molar-refractivity contribution in [2.75, 3.05) is 10.6 Å². The predicted molar refractivity (Wildman–Crippen MR) is 75.2 cm³/mol. The fourth-order valence-electron chi connectivity index (χ4n) is 1.74. The molecule has 0 bridgehead atoms. The Balaban J connectivity index is 2.12. The van der Waals surface area contributed by atoms with Gasteiger partial charge in [-0.3, -0.25) is 9.59 Å². The number of nitrogens with one attached hydrogen (secondary N) is 2. The molecule has 1 aromatic rings. The molecule has 2 unspecified atom stereocenters. The average Bonchev–Trinajstić information content (AvgIpc) is 2.40. The molecular weight excluding hydrogens is 258 g/mol. The van der Waals surface area contributed by atoms with Gasteiger partial charge in [0.2, 0.25) is 5.91 Å². The van der Waals surface area contributed by atoms with Crippen LogP contribution in [-0.2, 0) is 9.59 Å². The number of hydrogen-bond donors (Lipinski definition) is 3. The van der Waals surface area contributed by atoms with Gasteiger partial charge in [0.1, 0.15) is 5.75 Å². The summed E-state index contributed by atoms with van der Waals surface area (Å²) in [6.45, 7) is 1.66. The van der Waals surface area contributed by atoms with Gasteiger partial charge < -0.3 is 21.1 Å². The molecule has 0 spiro atoms. The van der Waals surface area contributed by atoms with E-state index >= 15 is 0 Å². The van der Waals surface area contributed by atoms with Gasteiger partial charge in [-0.25, -0.2) is 0 Å². The summed E-state index contributed by atoms with van der Waals surface area (Å²) in [6, 6.07) is 4.19. The van der Waals surface area contributed by atoms with E-state index in [2.05, 4.69) is 16.6 Å². The topological polar surface area (TPSA) is 93.5 Å². The molecule has 0 aliphatic carbocycles. The number of rotatable bonds is 3. The van der Waals surface area contributed by atoms with Crippen LogP contribution in [0.4, 0.5) is 11.4 Å². The van der Waals surface area contributed by atoms with Crippen molar-refractivity contribution in [1.82, 2.24) is 0 Å². The molecule has 2 rings (SSSR count). The van der Waals surface area contributed by atoms with Gasteiger partial charge in [0.05, 0.1) is 11.7 Å². The molecule has 20 heavy (non-hydrogen) atoms. The Bertz CT molecular complexity index is 592. The quantitative estimate of drug-likeness (QED) is 0.706. The van der Waals surface area contributed by atoms with E-state index < -0.39 is 12.1 Å². The highest BCUT2D eigenvalue weighted by atomic mass is 16.5. The van der Waals surface area contributed by atoms with Crippen LogP contribution in [0.2, 0.25) is 0 Å². The number of amides is 2. The van der Waals surface area contributed by atoms with Crippen molar-refractivity contribution in [3.8, 4) is 18.1 Å². The van der Waals surface area contributed by atoms with Crippen molar-refractivity contribution < 1.29 is 14.3 Å². The minimum atomic E-state index is -0.762. The first-order valence-corrected chi connectivity index (χ1v) is 6.12. The first-order chi connectivity index (χ1) is 9.51. The fraction of sp³-hybridized carbons (Fsp3) is 0.286. The second-order valence-corrected chi connectivity index (χ2v) is 4.46. The van der Waals surface area contributed by atoms with Gasteiger partial charge in [0.15, 0.2) is 6.10 Å². The van der Waals surface area contributed by atoms with E-state index in [1.54, 1.807) is 25.1 Å². The number of carbonyl (C=O) groups is 2. The molecule has 2 amide bonds. The van der Waals surface area contributed by atoms with Gasteiger partial charge in [-0.05, 0) is 25.1 Å². The lowest BCUT2D eigenvalue weighted by Gasteiger charge is -2.23. The van der Waals surface area contributed by atoms with E-state index in [1.165, 1.54) is 0 Å². The Hall–Kier alpha value is -2.52. The molecule has 0 radical (unpaired) electrons. The Morgan fingerprint density at radius 1 is 1.65 bits per heavy atom. The van der Waals surface area contributed by atoms with Gasteiger partial charge in [-0.15, -0.1) is 12.3 Å². The third-order valence-corrected chi connectivity index (χ3v) is 2.85. The van der Waals surface area contributed by atoms with Crippen LogP contribution in [-0.4, -0.2) is 24.0 Å². The summed E-state index contributed by atoms with van der Waals surface area (Å²) in [5.74, 6) is 2.28. The maximum atomic E-state index is 11.7. The van der Waals surface area contributed by atoms with Crippen molar-refractivity contribution in [3.63, 3.8) is 0 Å². The van der Waals surface area contributed by atoms with Gasteiger partial charge >= 0.3 is 0 Å². The van der Waals surface area contributed by atoms with Crippen molar-refractivity contribution >= 4 is 23.2 Å². The minimum Gasteiger partial charge on any atom is -0.479 e. The SMILES string of the molecule is C#CCC(N)C(=O)Nc1ccc2c(c1)NC(=O)C(C)O2. The van der Waals surface area contributed by atoms with Crippen molar-refractivity contribution in [3.05, 3.63) is 18.2 Å². The van der Waals surface area contributed by atoms with Gasteiger partial charge in [-0.2, -0.15) is 0 Å². The van der Waals surface area contributed by atoms with Gasteiger partial charge in [0, 0.05) is 12.1 Å². The molecule has 1 aliphatic rings. The summed E-state index contributed by atoms with van der Waals surface area (Å²) in [7, 11) is 0. The summed E-state index contributed by atoms with van der Waals surface area (Å²) in [4.78, 5) is 23.3. The maximum absolute atomic E-state index is 11.7. The number of fused-ring (bicyclic) bond motifs is 1. The number of nitrogens with two attached hydrogens (primary N) is 1. The Morgan fingerprint density at radius 3 is 3.10 bits per heavy atom. The third kappa shape index (κ3) is 2.90. The lowest BCUT2D eigenvalue weighted by atomic mass is 10.2. The molecule has 1 aliphatic heterocycles. The van der Waals surface area contributed by atoms with E-state index in [0.29, 0.717) is 17.1 Å². The molecule has 104 valence electrons. The number of carbonyl (C=O) groups excluding carboxylic acids is 2. The first-order valence-electron chi connectivity index (χ1n) is 6.12. The van der Waals surface area contributed by atoms with Crippen LogP contribution < -0.4 is 21.1 Å². The predicted octanol–water partition coefficient (Wildman–Crippen LogP) is 0.695. The van der Waals surface area contributed by atoms with Gasteiger partial charge in [-0.1, -0.05) is 0 Å². The maximum Gasteiger partial charge on any atom is 0.265 e. The normalized spacial score (nSPS) is 18.1. The van der Waals surface area contributed by atoms with Crippen molar-refractivity contribution in [2.24, 2.45) is 5.73 Å². The van der Waals surface area contributed by atoms with Crippen LogP contribution in [0.25, 0.3) is 0 Å². The van der Waals surface area contributed by atoms with E-state index in [4.69, 9.17) is 16.9 Å². The highest BCUT2D eigenvalue weighted by Crippen LogP contribution is 2.32. The molecule has 1 heterocycles. The van der Waals surface area contributed by atoms with Crippen LogP contribution in [0, 0.1) is 12.3 Å². The largest absolute Gasteiger partial charge is 0.479 e. The lowest BCUT2D eigenvalue weighted by molar-refractivity contribution is -0.122. The van der Waals surface area contributed by atoms with Crippen LogP contribution in [0.3, 0.4) is 0 Å². The first kappa shape index (κ1) is 13.9. The van der Waals surface area contributed by atoms with E-state index in [0.717, 1.165) is 0 Å². The van der Waals surface area contributed by atoms with Crippen molar-refractivity contribution in [2.45, 2.75) is 25.5 Å². The molecule has 6 nitrogen and oxygen atoms in total. The molecule has 0 aromatic heterocycles. The number of terminal acetylenes is 1. The molecule has 2 atom stereocenters. The van der Waals surface area contributed by atoms with Crippen LogP contribution in [0.1, 0.15) is 13.3 Å². The molecule has 0 fully saturated rings. The van der Waals surface area contributed by atoms with Gasteiger partial charge in [0.25, 0.3) is 5.91 Å². The standard InChI is InChI=1S/C14H15N3O3/c1-3-4-10(15)14(19)16-9-5-6-12-11(7-9)17-13(18)8(2)20-12/h1,5-8,10H,4,15H2,2H3,(H,16,19)(H,17,18). The summed E-state index contributed by atoms with van der Waals surface area (Å²) >= 11 is 0. The molecule has 1 aromatic carbocycles. The van der Waals surface area contributed by atoms with E-state index in [-0.39, 0.29) is 18.2 Å². The number of hydrogen-bond acceptors (Lipinski definition) is 4. The van der Waals surface area contributed by atoms with Crippen LogP contribution in [0.5, 0.6) is 5.75 Å². The summed E-state index contributed by atoms with van der Waals surface area (Å²) in [5.41, 5.74) is 6.63. The second-order valence-electron chi connectivity index (χ2n) is 4.46. The zero-order chi connectivity index (χ0) is 14.7. The zero-order valence-electron chi connectivity index (χ0n) is 11.0. The highest BCUT2D eigenvalue weighted by Gasteiger charge is 2.23. The number of anilines is 2. The smallest absolute Gasteiger partial charge is 0.265 e. The van der Waals surface area contributed by atoms with Crippen molar-refractivity contribution in [1.29, 1.82) is 0 Å². The second kappa shape index (κ2) is 5.63. The average molecular weight is 273 g/mol. The molecular formula is C14H15N3O3. The number of benzene rings is 1. The Morgan fingerprint density at radius 2 is 2.40 bits per heavy atom. The Kier molecular flexibility index (Phi) is 3.91. The highest BCUT2D eigenvalue weighted by molar-refractivity contribution is 6.00. The number of ether oxygens (including phenoxy) is 1. The molecule has 6 heteroatoms. The molecule has 0 saturated heterocycles. The fourth-order valence-corrected chi connectivity index (χ4v) is 1.74. The third-order valence-electron chi connectivity index (χ3n) is 2.85. The van der Waals surface area contributed by atoms with Crippen LogP contribution in [0.15, 0.2) is 18.2 Å². The summed E-state index contributed by atoms with van der Waals surface area (Å²) in [6.07, 6.45) is 4.73. The minimum absolute atomic E-state index is 0.161. The summed E-state index contributed by atoms with van der Waals surface area (Å²) < 4.78 is 5.41. The lowest BCUT2D eigenvalue weighted by Crippen LogP contribution is -2.36. The van der Waals surface area contributed by atoms with E-state index in [9.17, 15) is 9.59 Å². The monoisotopic (exact) mass is 273 g/mol. The van der Waals surface area contributed by atoms with Crippen LogP contribution >= 0.6 is 0 Å².